The van der Waals surface area contributed by atoms with Crippen LogP contribution < -0.4 is 16.0 Å². The second-order valence-corrected chi connectivity index (χ2v) is 6.85. The van der Waals surface area contributed by atoms with Crippen LogP contribution in [0.25, 0.3) is 0 Å². The Morgan fingerprint density at radius 1 is 1.30 bits per heavy atom. The molecule has 116 valence electrons. The van der Waals surface area contributed by atoms with Crippen molar-refractivity contribution in [2.75, 3.05) is 13.1 Å². The predicted octanol–water partition coefficient (Wildman–Crippen LogP) is 1.04. The van der Waals surface area contributed by atoms with Crippen LogP contribution in [0.1, 0.15) is 47.5 Å². The second-order valence-electron chi connectivity index (χ2n) is 6.85. The van der Waals surface area contributed by atoms with Gasteiger partial charge in [0.25, 0.3) is 0 Å². The molecule has 0 bridgehead atoms. The molecule has 1 fully saturated rings. The number of carbonyl (C=O) groups is 2. The van der Waals surface area contributed by atoms with Crippen LogP contribution in [0.3, 0.4) is 0 Å². The molecule has 5 nitrogen and oxygen atoms in total. The Hall–Kier alpha value is -1.10. The Kier molecular flexibility index (Phi) is 5.99. The van der Waals surface area contributed by atoms with Gasteiger partial charge in [0.1, 0.15) is 6.04 Å². The van der Waals surface area contributed by atoms with Crippen molar-refractivity contribution in [1.82, 2.24) is 16.0 Å². The summed E-state index contributed by atoms with van der Waals surface area (Å²) in [5.74, 6) is 0.198. The van der Waals surface area contributed by atoms with Crippen LogP contribution in [-0.2, 0) is 9.59 Å². The lowest BCUT2D eigenvalue weighted by molar-refractivity contribution is -0.132. The zero-order valence-corrected chi connectivity index (χ0v) is 13.4. The number of nitrogens with one attached hydrogen (secondary N) is 3. The predicted molar refractivity (Wildman–Crippen MR) is 80.3 cm³/mol. The first-order valence-electron chi connectivity index (χ1n) is 7.55. The van der Waals surface area contributed by atoms with Crippen LogP contribution >= 0.6 is 0 Å². The molecular formula is C15H29N3O2. The van der Waals surface area contributed by atoms with Gasteiger partial charge in [-0.05, 0) is 37.6 Å². The molecule has 1 heterocycles. The first kappa shape index (κ1) is 17.0. The normalized spacial score (nSPS) is 23.2. The van der Waals surface area contributed by atoms with E-state index < -0.39 is 6.04 Å². The molecule has 20 heavy (non-hydrogen) atoms. The Morgan fingerprint density at radius 3 is 2.50 bits per heavy atom. The summed E-state index contributed by atoms with van der Waals surface area (Å²) in [6, 6.07) is -0.725. The van der Waals surface area contributed by atoms with Gasteiger partial charge in [-0.3, -0.25) is 9.59 Å². The van der Waals surface area contributed by atoms with Crippen molar-refractivity contribution in [3.8, 4) is 0 Å². The minimum absolute atomic E-state index is 0.0730. The van der Waals surface area contributed by atoms with E-state index in [0.717, 1.165) is 19.4 Å². The van der Waals surface area contributed by atoms with Crippen molar-refractivity contribution in [2.24, 2.45) is 11.3 Å². The van der Waals surface area contributed by atoms with Crippen LogP contribution in [-0.4, -0.2) is 37.0 Å². The minimum atomic E-state index is -0.499. The zero-order valence-electron chi connectivity index (χ0n) is 13.4. The van der Waals surface area contributed by atoms with Crippen molar-refractivity contribution in [3.05, 3.63) is 0 Å². The summed E-state index contributed by atoms with van der Waals surface area (Å²) in [4.78, 5) is 24.2. The highest BCUT2D eigenvalue weighted by Crippen LogP contribution is 2.30. The lowest BCUT2D eigenvalue weighted by atomic mass is 9.77. The summed E-state index contributed by atoms with van der Waals surface area (Å²) in [6.45, 7) is 11.5. The van der Waals surface area contributed by atoms with Gasteiger partial charge in [-0.1, -0.05) is 27.7 Å². The summed E-state index contributed by atoms with van der Waals surface area (Å²) in [6.07, 6.45) is 2.10. The van der Waals surface area contributed by atoms with Crippen molar-refractivity contribution in [2.45, 2.75) is 59.5 Å². The summed E-state index contributed by atoms with van der Waals surface area (Å²) in [7, 11) is 0. The fourth-order valence-corrected chi connectivity index (χ4v) is 2.48. The molecular weight excluding hydrogens is 254 g/mol. The Balaban J connectivity index is 2.50. The lowest BCUT2D eigenvalue weighted by Crippen LogP contribution is -2.58. The van der Waals surface area contributed by atoms with E-state index in [1.807, 2.05) is 13.8 Å². The largest absolute Gasteiger partial charge is 0.354 e. The summed E-state index contributed by atoms with van der Waals surface area (Å²) in [5.41, 5.74) is -0.0730. The molecule has 0 saturated carbocycles. The highest BCUT2D eigenvalue weighted by molar-refractivity contribution is 5.89. The second kappa shape index (κ2) is 7.07. The van der Waals surface area contributed by atoms with E-state index in [4.69, 9.17) is 0 Å². The maximum absolute atomic E-state index is 12.3. The van der Waals surface area contributed by atoms with Crippen LogP contribution in [0.5, 0.6) is 0 Å². The average molecular weight is 283 g/mol. The van der Waals surface area contributed by atoms with Gasteiger partial charge in [-0.15, -0.1) is 0 Å². The first-order chi connectivity index (χ1) is 9.24. The van der Waals surface area contributed by atoms with Gasteiger partial charge in [0.2, 0.25) is 11.8 Å². The van der Waals surface area contributed by atoms with E-state index >= 15 is 0 Å². The molecule has 0 aromatic carbocycles. The number of hydrogen-bond donors (Lipinski definition) is 3. The third-order valence-electron chi connectivity index (χ3n) is 3.83. The van der Waals surface area contributed by atoms with Crippen LogP contribution in [0.4, 0.5) is 0 Å². The molecule has 5 heteroatoms. The van der Waals surface area contributed by atoms with Crippen molar-refractivity contribution in [1.29, 1.82) is 0 Å². The third-order valence-corrected chi connectivity index (χ3v) is 3.83. The summed E-state index contributed by atoms with van der Waals surface area (Å²) < 4.78 is 0. The molecule has 1 rings (SSSR count). The fraction of sp³-hybridized carbons (Fsp3) is 0.867. The Morgan fingerprint density at radius 2 is 1.95 bits per heavy atom. The van der Waals surface area contributed by atoms with Gasteiger partial charge < -0.3 is 16.0 Å². The van der Waals surface area contributed by atoms with Crippen LogP contribution in [0.15, 0.2) is 0 Å². The van der Waals surface area contributed by atoms with Crippen molar-refractivity contribution >= 4 is 11.8 Å². The molecule has 2 atom stereocenters. The monoisotopic (exact) mass is 283 g/mol. The zero-order chi connectivity index (χ0) is 15.3. The van der Waals surface area contributed by atoms with E-state index in [1.54, 1.807) is 6.92 Å². The molecule has 0 aromatic rings. The molecule has 0 radical (unpaired) electrons. The number of amides is 2. The van der Waals surface area contributed by atoms with E-state index in [-0.39, 0.29) is 23.3 Å². The van der Waals surface area contributed by atoms with Gasteiger partial charge in [0.05, 0.1) is 6.04 Å². The maximum Gasteiger partial charge on any atom is 0.242 e. The van der Waals surface area contributed by atoms with Crippen LogP contribution in [0.2, 0.25) is 0 Å². The fourth-order valence-electron chi connectivity index (χ4n) is 2.48. The van der Waals surface area contributed by atoms with E-state index in [1.165, 1.54) is 0 Å². The van der Waals surface area contributed by atoms with Crippen molar-refractivity contribution < 1.29 is 9.59 Å². The summed E-state index contributed by atoms with van der Waals surface area (Å²) in [5, 5.41) is 8.91. The van der Waals surface area contributed by atoms with Gasteiger partial charge >= 0.3 is 0 Å². The quantitative estimate of drug-likeness (QED) is 0.706. The highest BCUT2D eigenvalue weighted by Gasteiger charge is 2.37. The van der Waals surface area contributed by atoms with Gasteiger partial charge in [0, 0.05) is 6.54 Å². The first-order valence-corrected chi connectivity index (χ1v) is 7.55. The number of hydrogen-bond acceptors (Lipinski definition) is 3. The standard InChI is InChI=1S/C15H29N3O2/c1-10(2)9-17-13(19)11(3)18-14(20)12-15(4,5)7-6-8-16-12/h10-12,16H,6-9H2,1-5H3,(H,17,19)(H,18,20). The molecule has 3 N–H and O–H groups in total. The Bertz CT molecular complexity index is 353. The average Bonchev–Trinajstić information content (AvgIpc) is 2.34. The molecule has 0 aliphatic carbocycles. The van der Waals surface area contributed by atoms with Gasteiger partial charge in [-0.25, -0.2) is 0 Å². The molecule has 2 unspecified atom stereocenters. The van der Waals surface area contributed by atoms with Crippen molar-refractivity contribution in [3.63, 3.8) is 0 Å². The highest BCUT2D eigenvalue weighted by atomic mass is 16.2. The molecule has 1 saturated heterocycles. The molecule has 1 aliphatic rings. The Labute approximate surface area is 122 Å². The molecule has 1 aliphatic heterocycles. The SMILES string of the molecule is CC(C)CNC(=O)C(C)NC(=O)C1NCCCC1(C)C. The number of piperidine rings is 1. The van der Waals surface area contributed by atoms with E-state index in [2.05, 4.69) is 29.8 Å². The maximum atomic E-state index is 12.3. The van der Waals surface area contributed by atoms with E-state index in [9.17, 15) is 9.59 Å². The van der Waals surface area contributed by atoms with Gasteiger partial charge in [-0.2, -0.15) is 0 Å². The lowest BCUT2D eigenvalue weighted by Gasteiger charge is -2.38. The third kappa shape index (κ3) is 4.78. The number of carbonyl (C=O) groups excluding carboxylic acids is 2. The molecule has 0 spiro atoms. The molecule has 0 aromatic heterocycles. The topological polar surface area (TPSA) is 70.2 Å². The number of rotatable bonds is 5. The summed E-state index contributed by atoms with van der Waals surface area (Å²) >= 11 is 0. The smallest absolute Gasteiger partial charge is 0.242 e. The van der Waals surface area contributed by atoms with E-state index in [0.29, 0.717) is 12.5 Å². The minimum Gasteiger partial charge on any atom is -0.354 e. The molecule has 2 amide bonds. The van der Waals surface area contributed by atoms with Crippen LogP contribution in [0, 0.1) is 11.3 Å². The van der Waals surface area contributed by atoms with Gasteiger partial charge in [0.15, 0.2) is 0 Å².